The number of rotatable bonds is 5. The summed E-state index contributed by atoms with van der Waals surface area (Å²) >= 11 is 6.52. The van der Waals surface area contributed by atoms with E-state index in [1.807, 2.05) is 0 Å². The number of aromatic nitrogens is 1. The highest BCUT2D eigenvalue weighted by molar-refractivity contribution is 9.11. The summed E-state index contributed by atoms with van der Waals surface area (Å²) in [6.07, 6.45) is 1.46. The van der Waals surface area contributed by atoms with E-state index in [9.17, 15) is 9.59 Å². The van der Waals surface area contributed by atoms with Crippen LogP contribution in [0.15, 0.2) is 21.2 Å². The highest BCUT2D eigenvalue weighted by Crippen LogP contribution is 2.20. The first kappa shape index (κ1) is 15.1. The molecule has 0 unspecified atom stereocenters. The minimum Gasteiger partial charge on any atom is -0.481 e. The van der Waals surface area contributed by atoms with Gasteiger partial charge >= 0.3 is 5.97 Å². The lowest BCUT2D eigenvalue weighted by Gasteiger charge is -2.20. The Labute approximate surface area is 121 Å². The van der Waals surface area contributed by atoms with Gasteiger partial charge < -0.3 is 10.0 Å². The Bertz CT molecular complexity index is 466. The highest BCUT2D eigenvalue weighted by Gasteiger charge is 2.19. The van der Waals surface area contributed by atoms with Gasteiger partial charge in [-0.2, -0.15) is 0 Å². The van der Waals surface area contributed by atoms with Crippen LogP contribution in [0.2, 0.25) is 0 Å². The van der Waals surface area contributed by atoms with Crippen molar-refractivity contribution >= 4 is 43.7 Å². The molecule has 1 rings (SSSR count). The van der Waals surface area contributed by atoms with E-state index < -0.39 is 5.97 Å². The molecular weight excluding hydrogens is 368 g/mol. The summed E-state index contributed by atoms with van der Waals surface area (Å²) in [5.41, 5.74) is 0.283. The van der Waals surface area contributed by atoms with Crippen LogP contribution in [0.3, 0.4) is 0 Å². The van der Waals surface area contributed by atoms with Crippen molar-refractivity contribution < 1.29 is 14.7 Å². The van der Waals surface area contributed by atoms with Gasteiger partial charge in [0.15, 0.2) is 0 Å². The maximum Gasteiger partial charge on any atom is 0.305 e. The molecule has 1 amide bonds. The van der Waals surface area contributed by atoms with Crippen LogP contribution in [0.4, 0.5) is 0 Å². The van der Waals surface area contributed by atoms with Crippen molar-refractivity contribution in [3.63, 3.8) is 0 Å². The summed E-state index contributed by atoms with van der Waals surface area (Å²) in [6, 6.07) is 1.73. The van der Waals surface area contributed by atoms with Gasteiger partial charge in [-0.05, 0) is 44.8 Å². The van der Waals surface area contributed by atoms with Gasteiger partial charge in [0.2, 0.25) is 0 Å². The second kappa shape index (κ2) is 6.84. The summed E-state index contributed by atoms with van der Waals surface area (Å²) in [5.74, 6) is -1.21. The number of carboxylic acid groups (broad SMARTS) is 1. The molecule has 1 heterocycles. The van der Waals surface area contributed by atoms with E-state index in [0.717, 1.165) is 4.47 Å². The molecule has 0 radical (unpaired) electrons. The molecule has 1 aromatic heterocycles. The molecule has 0 aliphatic rings. The third kappa shape index (κ3) is 4.06. The minimum atomic E-state index is -0.927. The van der Waals surface area contributed by atoms with Crippen LogP contribution in [0.1, 0.15) is 23.8 Å². The lowest BCUT2D eigenvalue weighted by molar-refractivity contribution is -0.137. The topological polar surface area (TPSA) is 70.5 Å². The van der Waals surface area contributed by atoms with Gasteiger partial charge in [-0.25, -0.2) is 4.98 Å². The molecule has 0 aromatic carbocycles. The van der Waals surface area contributed by atoms with Gasteiger partial charge in [-0.1, -0.05) is 0 Å². The standard InChI is InChI=1S/C11H12Br2N2O3/c1-2-15(4-3-9(16)17)11(18)10-8(13)5-7(12)6-14-10/h5-6H,2-4H2,1H3,(H,16,17). The lowest BCUT2D eigenvalue weighted by atomic mass is 10.3. The third-order valence-corrected chi connectivity index (χ3v) is 3.31. The van der Waals surface area contributed by atoms with Crippen LogP contribution in [-0.4, -0.2) is 40.0 Å². The summed E-state index contributed by atoms with van der Waals surface area (Å²) in [7, 11) is 0. The first-order valence-electron chi connectivity index (χ1n) is 5.27. The molecule has 1 aromatic rings. The van der Waals surface area contributed by atoms with Crippen molar-refractivity contribution in [2.75, 3.05) is 13.1 Å². The largest absolute Gasteiger partial charge is 0.481 e. The smallest absolute Gasteiger partial charge is 0.305 e. The van der Waals surface area contributed by atoms with Crippen molar-refractivity contribution in [3.8, 4) is 0 Å². The Hall–Kier alpha value is -0.950. The van der Waals surface area contributed by atoms with Gasteiger partial charge in [0, 0.05) is 23.8 Å². The van der Waals surface area contributed by atoms with Crippen LogP contribution < -0.4 is 0 Å². The number of nitrogens with zero attached hydrogens (tertiary/aromatic N) is 2. The zero-order valence-electron chi connectivity index (χ0n) is 9.69. The van der Waals surface area contributed by atoms with Crippen LogP contribution in [-0.2, 0) is 4.79 Å². The molecule has 5 nitrogen and oxygen atoms in total. The van der Waals surface area contributed by atoms with E-state index in [2.05, 4.69) is 36.8 Å². The van der Waals surface area contributed by atoms with Crippen LogP contribution in [0.5, 0.6) is 0 Å². The van der Waals surface area contributed by atoms with E-state index in [-0.39, 0.29) is 24.6 Å². The molecule has 98 valence electrons. The quantitative estimate of drug-likeness (QED) is 0.853. The number of halogens is 2. The van der Waals surface area contributed by atoms with Crippen LogP contribution in [0, 0.1) is 0 Å². The summed E-state index contributed by atoms with van der Waals surface area (Å²) in [4.78, 5) is 28.2. The Balaban J connectivity index is 2.86. The average Bonchev–Trinajstić information content (AvgIpc) is 2.29. The fourth-order valence-electron chi connectivity index (χ4n) is 1.36. The molecule has 0 saturated heterocycles. The molecule has 7 heteroatoms. The third-order valence-electron chi connectivity index (χ3n) is 2.27. The van der Waals surface area contributed by atoms with Crippen molar-refractivity contribution in [2.45, 2.75) is 13.3 Å². The van der Waals surface area contributed by atoms with Crippen molar-refractivity contribution in [2.24, 2.45) is 0 Å². The zero-order valence-corrected chi connectivity index (χ0v) is 12.9. The number of pyridine rings is 1. The molecule has 0 atom stereocenters. The summed E-state index contributed by atoms with van der Waals surface area (Å²) < 4.78 is 1.34. The number of carboxylic acids is 1. The minimum absolute atomic E-state index is 0.0757. The van der Waals surface area contributed by atoms with Gasteiger partial charge in [0.1, 0.15) is 5.69 Å². The molecule has 1 N–H and O–H groups in total. The molecule has 18 heavy (non-hydrogen) atoms. The van der Waals surface area contributed by atoms with Gasteiger partial charge in [0.05, 0.1) is 10.9 Å². The highest BCUT2D eigenvalue weighted by atomic mass is 79.9. The molecule has 0 saturated carbocycles. The second-order valence-corrected chi connectivity index (χ2v) is 5.28. The zero-order chi connectivity index (χ0) is 13.7. The Morgan fingerprint density at radius 3 is 2.61 bits per heavy atom. The number of carbonyl (C=O) groups is 2. The van der Waals surface area contributed by atoms with Crippen molar-refractivity contribution in [3.05, 3.63) is 26.9 Å². The SMILES string of the molecule is CCN(CCC(=O)O)C(=O)c1ncc(Br)cc1Br. The van der Waals surface area contributed by atoms with E-state index in [0.29, 0.717) is 11.0 Å². The number of aliphatic carboxylic acids is 1. The monoisotopic (exact) mass is 378 g/mol. The normalized spacial score (nSPS) is 10.2. The number of amides is 1. The van der Waals surface area contributed by atoms with E-state index in [4.69, 9.17) is 5.11 Å². The second-order valence-electron chi connectivity index (χ2n) is 3.51. The fourth-order valence-corrected chi connectivity index (χ4v) is 2.51. The van der Waals surface area contributed by atoms with E-state index in [1.165, 1.54) is 11.1 Å². The number of hydrogen-bond acceptors (Lipinski definition) is 3. The molecule has 0 aliphatic carbocycles. The number of carbonyl (C=O) groups excluding carboxylic acids is 1. The van der Waals surface area contributed by atoms with Crippen LogP contribution >= 0.6 is 31.9 Å². The Morgan fingerprint density at radius 1 is 1.44 bits per heavy atom. The predicted octanol–water partition coefficient (Wildman–Crippen LogP) is 2.54. The first-order valence-corrected chi connectivity index (χ1v) is 6.86. The Kier molecular flexibility index (Phi) is 5.74. The van der Waals surface area contributed by atoms with Gasteiger partial charge in [-0.15, -0.1) is 0 Å². The van der Waals surface area contributed by atoms with Crippen molar-refractivity contribution in [1.29, 1.82) is 0 Å². The Morgan fingerprint density at radius 2 is 2.11 bits per heavy atom. The van der Waals surface area contributed by atoms with Crippen molar-refractivity contribution in [1.82, 2.24) is 9.88 Å². The molecule has 0 spiro atoms. The predicted molar refractivity (Wildman–Crippen MR) is 73.5 cm³/mol. The summed E-state index contributed by atoms with van der Waals surface area (Å²) in [5, 5.41) is 8.63. The fraction of sp³-hybridized carbons (Fsp3) is 0.364. The maximum absolute atomic E-state index is 12.1. The van der Waals surface area contributed by atoms with Gasteiger partial charge in [0.25, 0.3) is 5.91 Å². The maximum atomic E-state index is 12.1. The summed E-state index contributed by atoms with van der Waals surface area (Å²) in [6.45, 7) is 2.41. The average molecular weight is 380 g/mol. The molecule has 0 fully saturated rings. The lowest BCUT2D eigenvalue weighted by Crippen LogP contribution is -2.33. The molecular formula is C11H12Br2N2O3. The molecule has 0 bridgehead atoms. The number of hydrogen-bond donors (Lipinski definition) is 1. The van der Waals surface area contributed by atoms with Gasteiger partial charge in [-0.3, -0.25) is 9.59 Å². The van der Waals surface area contributed by atoms with E-state index in [1.54, 1.807) is 13.0 Å². The van der Waals surface area contributed by atoms with E-state index >= 15 is 0 Å². The molecule has 0 aliphatic heterocycles. The first-order chi connectivity index (χ1) is 8.45. The van der Waals surface area contributed by atoms with Crippen LogP contribution in [0.25, 0.3) is 0 Å².